The number of rotatable bonds is 6. The maximum Gasteiger partial charge on any atom is 0.315 e. The number of methoxy groups -OCH3 is 4. The molecule has 4 rings (SSSR count). The van der Waals surface area contributed by atoms with Crippen LogP contribution in [0.25, 0.3) is 0 Å². The molecule has 0 fully saturated rings. The van der Waals surface area contributed by atoms with E-state index in [0.29, 0.717) is 46.9 Å². The number of hydrogen-bond donors (Lipinski definition) is 0. The zero-order chi connectivity index (χ0) is 24.4. The molecule has 7 nitrogen and oxygen atoms in total. The fraction of sp³-hybridized carbons (Fsp3) is 0.370. The lowest BCUT2D eigenvalue weighted by Crippen LogP contribution is -2.38. The number of Topliss-reactive ketones (excluding diaryl/α,β-unsaturated/α-hetero) is 1. The molecule has 7 heteroatoms. The molecule has 0 amide bonds. The lowest BCUT2D eigenvalue weighted by Gasteiger charge is -2.37. The number of esters is 1. The molecule has 178 valence electrons. The van der Waals surface area contributed by atoms with E-state index in [9.17, 15) is 9.59 Å². The fourth-order valence-electron chi connectivity index (χ4n) is 5.10. The summed E-state index contributed by atoms with van der Waals surface area (Å²) in [5.74, 6) is 0.0240. The number of ketones is 1. The quantitative estimate of drug-likeness (QED) is 0.588. The molecule has 2 aromatic carbocycles. The molecule has 0 radical (unpaired) electrons. The van der Waals surface area contributed by atoms with E-state index in [2.05, 4.69) is 0 Å². The highest BCUT2D eigenvalue weighted by Gasteiger charge is 2.45. The summed E-state index contributed by atoms with van der Waals surface area (Å²) in [6.07, 6.45) is 0.928. The van der Waals surface area contributed by atoms with E-state index in [4.69, 9.17) is 23.9 Å². The molecule has 0 aromatic heterocycles. The van der Waals surface area contributed by atoms with Crippen LogP contribution in [0.4, 0.5) is 0 Å². The molecule has 0 N–H and O–H groups in total. The summed E-state index contributed by atoms with van der Waals surface area (Å²) in [6, 6.07) is 13.3. The Morgan fingerprint density at radius 2 is 1.68 bits per heavy atom. The van der Waals surface area contributed by atoms with Gasteiger partial charge in [-0.3, -0.25) is 14.6 Å². The van der Waals surface area contributed by atoms with Crippen molar-refractivity contribution in [3.8, 4) is 17.2 Å². The first-order chi connectivity index (χ1) is 16.4. The lowest BCUT2D eigenvalue weighted by atomic mass is 9.69. The van der Waals surface area contributed by atoms with Crippen molar-refractivity contribution in [1.29, 1.82) is 0 Å². The molecular weight excluding hydrogens is 434 g/mol. The minimum absolute atomic E-state index is 0.00348. The number of carbonyl (C=O) groups is 2. The first-order valence-electron chi connectivity index (χ1n) is 11.2. The van der Waals surface area contributed by atoms with Crippen molar-refractivity contribution in [3.63, 3.8) is 0 Å². The van der Waals surface area contributed by atoms with Gasteiger partial charge in [-0.25, -0.2) is 0 Å². The Labute approximate surface area is 199 Å². The third kappa shape index (κ3) is 4.06. The largest absolute Gasteiger partial charge is 0.497 e. The number of nitrogens with zero attached hydrogens (tertiary/aromatic N) is 1. The van der Waals surface area contributed by atoms with Crippen LogP contribution >= 0.6 is 0 Å². The van der Waals surface area contributed by atoms with E-state index < -0.39 is 17.8 Å². The summed E-state index contributed by atoms with van der Waals surface area (Å²) in [5, 5.41) is 0. The summed E-state index contributed by atoms with van der Waals surface area (Å²) in [4.78, 5) is 31.3. The van der Waals surface area contributed by atoms with Gasteiger partial charge in [0.25, 0.3) is 0 Å². The Morgan fingerprint density at radius 1 is 0.941 bits per heavy atom. The SMILES string of the molecule is COC(=O)C1C(C)=NC2=C(C(=O)C[C@@H](c3ccc(OC)cc3)C2)[C@@H]1c1cccc(OC)c1OC. The molecule has 1 unspecified atom stereocenters. The number of para-hydroxylation sites is 1. The van der Waals surface area contributed by atoms with Crippen LogP contribution in [0.2, 0.25) is 0 Å². The lowest BCUT2D eigenvalue weighted by molar-refractivity contribution is -0.143. The van der Waals surface area contributed by atoms with Crippen molar-refractivity contribution in [3.05, 3.63) is 64.9 Å². The maximum atomic E-state index is 13.7. The standard InChI is InChI=1S/C27H29NO6/c1-15-23(27(30)34-5)24(19-7-6-8-22(32-3)26(19)33-4)25-20(28-15)13-17(14-21(25)29)16-9-11-18(31-2)12-10-16/h6-12,17,23-24H,13-14H2,1-5H3/t17-,23?,24+/m0/s1. The van der Waals surface area contributed by atoms with Crippen LogP contribution in [-0.4, -0.2) is 45.9 Å². The van der Waals surface area contributed by atoms with E-state index in [1.165, 1.54) is 7.11 Å². The van der Waals surface area contributed by atoms with Crippen molar-refractivity contribution in [2.45, 2.75) is 31.6 Å². The van der Waals surface area contributed by atoms with Crippen LogP contribution < -0.4 is 14.2 Å². The van der Waals surface area contributed by atoms with Gasteiger partial charge in [0.2, 0.25) is 0 Å². The van der Waals surface area contributed by atoms with Crippen molar-refractivity contribution < 1.29 is 28.5 Å². The van der Waals surface area contributed by atoms with Gasteiger partial charge < -0.3 is 18.9 Å². The number of ether oxygens (including phenoxy) is 4. The van der Waals surface area contributed by atoms with Crippen molar-refractivity contribution >= 4 is 17.5 Å². The molecule has 1 aliphatic carbocycles. The summed E-state index contributed by atoms with van der Waals surface area (Å²) in [6.45, 7) is 1.81. The summed E-state index contributed by atoms with van der Waals surface area (Å²) in [7, 11) is 6.08. The predicted molar refractivity (Wildman–Crippen MR) is 128 cm³/mol. The molecule has 34 heavy (non-hydrogen) atoms. The van der Waals surface area contributed by atoms with E-state index in [1.54, 1.807) is 27.4 Å². The first kappa shape index (κ1) is 23.5. The number of aliphatic imine (C=N–C) groups is 1. The van der Waals surface area contributed by atoms with Crippen LogP contribution in [0.3, 0.4) is 0 Å². The number of carbonyl (C=O) groups excluding carboxylic acids is 2. The van der Waals surface area contributed by atoms with Crippen molar-refractivity contribution in [1.82, 2.24) is 0 Å². The number of hydrogen-bond acceptors (Lipinski definition) is 7. The molecule has 3 atom stereocenters. The Hall–Kier alpha value is -3.61. The number of benzene rings is 2. The average molecular weight is 464 g/mol. The zero-order valence-corrected chi connectivity index (χ0v) is 20.1. The Morgan fingerprint density at radius 3 is 2.29 bits per heavy atom. The second-order valence-corrected chi connectivity index (χ2v) is 8.48. The van der Waals surface area contributed by atoms with E-state index in [1.807, 2.05) is 43.3 Å². The predicted octanol–water partition coefficient (Wildman–Crippen LogP) is 4.46. The molecule has 1 heterocycles. The van der Waals surface area contributed by atoms with E-state index in [0.717, 1.165) is 11.3 Å². The molecule has 0 spiro atoms. The molecule has 2 aromatic rings. The van der Waals surface area contributed by atoms with Crippen molar-refractivity contribution in [2.24, 2.45) is 10.9 Å². The Kier molecular flexibility index (Phi) is 6.72. The van der Waals surface area contributed by atoms with Gasteiger partial charge in [-0.15, -0.1) is 0 Å². The summed E-state index contributed by atoms with van der Waals surface area (Å²) in [5.41, 5.74) is 3.64. The molecular formula is C27H29NO6. The Bertz CT molecular complexity index is 1160. The highest BCUT2D eigenvalue weighted by atomic mass is 16.5. The van der Waals surface area contributed by atoms with Crippen LogP contribution in [0.5, 0.6) is 17.2 Å². The first-order valence-corrected chi connectivity index (χ1v) is 11.2. The monoisotopic (exact) mass is 463 g/mol. The van der Waals surface area contributed by atoms with Crippen LogP contribution in [0, 0.1) is 5.92 Å². The summed E-state index contributed by atoms with van der Waals surface area (Å²) < 4.78 is 21.6. The van der Waals surface area contributed by atoms with Gasteiger partial charge in [-0.1, -0.05) is 24.3 Å². The highest BCUT2D eigenvalue weighted by molar-refractivity contribution is 6.09. The molecule has 2 aliphatic rings. The maximum absolute atomic E-state index is 13.7. The minimum Gasteiger partial charge on any atom is -0.497 e. The van der Waals surface area contributed by atoms with Gasteiger partial charge in [0, 0.05) is 34.9 Å². The van der Waals surface area contributed by atoms with Gasteiger partial charge in [-0.2, -0.15) is 0 Å². The molecule has 1 aliphatic heterocycles. The number of allylic oxidation sites excluding steroid dienone is 2. The topological polar surface area (TPSA) is 83.4 Å². The van der Waals surface area contributed by atoms with E-state index >= 15 is 0 Å². The third-order valence-electron chi connectivity index (χ3n) is 6.70. The highest BCUT2D eigenvalue weighted by Crippen LogP contribution is 2.50. The van der Waals surface area contributed by atoms with Gasteiger partial charge in [0.15, 0.2) is 17.3 Å². The Balaban J connectivity index is 1.84. The molecule has 0 saturated carbocycles. The minimum atomic E-state index is -0.730. The molecule has 0 bridgehead atoms. The van der Waals surface area contributed by atoms with Crippen LogP contribution in [0.15, 0.2) is 58.7 Å². The van der Waals surface area contributed by atoms with Gasteiger partial charge >= 0.3 is 5.97 Å². The van der Waals surface area contributed by atoms with Crippen molar-refractivity contribution in [2.75, 3.05) is 28.4 Å². The van der Waals surface area contributed by atoms with Crippen LogP contribution in [0.1, 0.15) is 42.7 Å². The van der Waals surface area contributed by atoms with Gasteiger partial charge in [0.05, 0.1) is 28.4 Å². The molecule has 0 saturated heterocycles. The third-order valence-corrected chi connectivity index (χ3v) is 6.70. The van der Waals surface area contributed by atoms with Crippen LogP contribution in [-0.2, 0) is 14.3 Å². The fourth-order valence-corrected chi connectivity index (χ4v) is 5.10. The van der Waals surface area contributed by atoms with E-state index in [-0.39, 0.29) is 11.7 Å². The van der Waals surface area contributed by atoms with Gasteiger partial charge in [0.1, 0.15) is 11.7 Å². The second-order valence-electron chi connectivity index (χ2n) is 8.48. The normalized spacial score (nSPS) is 22.0. The van der Waals surface area contributed by atoms with Gasteiger partial charge in [-0.05, 0) is 43.0 Å². The average Bonchev–Trinajstić information content (AvgIpc) is 2.86. The zero-order valence-electron chi connectivity index (χ0n) is 20.1. The summed E-state index contributed by atoms with van der Waals surface area (Å²) >= 11 is 0. The smallest absolute Gasteiger partial charge is 0.315 e. The second kappa shape index (κ2) is 9.71.